The average molecular weight is 385 g/mol. The van der Waals surface area contributed by atoms with Crippen LogP contribution in [0.3, 0.4) is 0 Å². The fourth-order valence-corrected chi connectivity index (χ4v) is 3.13. The Morgan fingerprint density at radius 3 is 2.36 bits per heavy atom. The van der Waals surface area contributed by atoms with Crippen LogP contribution in [0.4, 0.5) is 22.4 Å². The van der Waals surface area contributed by atoms with Crippen LogP contribution in [0.5, 0.6) is 0 Å². The van der Waals surface area contributed by atoms with E-state index in [4.69, 9.17) is 16.2 Å². The summed E-state index contributed by atoms with van der Waals surface area (Å²) in [5, 5.41) is 0. The molecule has 4 N–H and O–H groups in total. The lowest BCUT2D eigenvalue weighted by Gasteiger charge is -2.37. The van der Waals surface area contributed by atoms with Crippen LogP contribution in [-0.2, 0) is 4.74 Å². The highest BCUT2D eigenvalue weighted by molar-refractivity contribution is 5.79. The second kappa shape index (κ2) is 7.49. The number of carbonyl (C=O) groups excluding carboxylic acids is 1. The molecule has 0 saturated carbocycles. The van der Waals surface area contributed by atoms with Crippen molar-refractivity contribution in [2.24, 2.45) is 0 Å². The maximum absolute atomic E-state index is 12.3. The highest BCUT2D eigenvalue weighted by Gasteiger charge is 2.28. The first-order chi connectivity index (χ1) is 13.1. The summed E-state index contributed by atoms with van der Waals surface area (Å²) in [6.07, 6.45) is 1.41. The maximum atomic E-state index is 12.3. The van der Waals surface area contributed by atoms with Crippen LogP contribution < -0.4 is 16.4 Å². The number of anilines is 3. The zero-order valence-corrected chi connectivity index (χ0v) is 16.8. The van der Waals surface area contributed by atoms with Gasteiger partial charge in [-0.15, -0.1) is 0 Å². The number of piperazine rings is 1. The summed E-state index contributed by atoms with van der Waals surface area (Å²) in [6, 6.07) is 3.64. The summed E-state index contributed by atoms with van der Waals surface area (Å²) >= 11 is 0. The summed E-state index contributed by atoms with van der Waals surface area (Å²) < 4.78 is 5.46. The van der Waals surface area contributed by atoms with Gasteiger partial charge in [-0.05, 0) is 39.8 Å². The number of nitrogens with two attached hydrogens (primary N) is 2. The number of aryl methyl sites for hydroxylation is 1. The Hall–Kier alpha value is -3.10. The van der Waals surface area contributed by atoms with E-state index in [1.807, 2.05) is 33.8 Å². The summed E-state index contributed by atoms with van der Waals surface area (Å²) in [7, 11) is 0. The van der Waals surface area contributed by atoms with E-state index in [1.165, 1.54) is 0 Å². The highest BCUT2D eigenvalue weighted by atomic mass is 16.6. The van der Waals surface area contributed by atoms with Gasteiger partial charge < -0.3 is 26.0 Å². The molecule has 9 nitrogen and oxygen atoms in total. The molecule has 0 aliphatic carbocycles. The summed E-state index contributed by atoms with van der Waals surface area (Å²) in [6.45, 7) is 9.79. The van der Waals surface area contributed by atoms with Crippen molar-refractivity contribution in [3.63, 3.8) is 0 Å². The number of nitrogen functional groups attached to an aromatic ring is 2. The van der Waals surface area contributed by atoms with Gasteiger partial charge in [0.1, 0.15) is 17.2 Å². The van der Waals surface area contributed by atoms with Gasteiger partial charge in [-0.3, -0.25) is 0 Å². The predicted molar refractivity (Wildman–Crippen MR) is 109 cm³/mol. The molecule has 1 amide bonds. The van der Waals surface area contributed by atoms with Crippen LogP contribution in [0.15, 0.2) is 18.3 Å². The number of pyridine rings is 1. The molecule has 28 heavy (non-hydrogen) atoms. The van der Waals surface area contributed by atoms with Crippen LogP contribution in [-0.4, -0.2) is 57.7 Å². The molecule has 0 aromatic carbocycles. The SMILES string of the molecule is Cc1nc(N)nc(N2CCN(C(=O)OC(C)(C)C)CC2)c1-c1ccc(N)nc1. The van der Waals surface area contributed by atoms with Crippen LogP contribution in [0.25, 0.3) is 11.1 Å². The van der Waals surface area contributed by atoms with Crippen molar-refractivity contribution in [3.05, 3.63) is 24.0 Å². The first-order valence-electron chi connectivity index (χ1n) is 9.23. The normalized spacial score (nSPS) is 14.9. The molecule has 0 bridgehead atoms. The van der Waals surface area contributed by atoms with E-state index >= 15 is 0 Å². The number of amides is 1. The Bertz CT molecular complexity index is 854. The minimum atomic E-state index is -0.512. The summed E-state index contributed by atoms with van der Waals surface area (Å²) in [5.41, 5.74) is 13.6. The molecular formula is C19H27N7O2. The predicted octanol–water partition coefficient (Wildman–Crippen LogP) is 2.07. The van der Waals surface area contributed by atoms with E-state index in [1.54, 1.807) is 17.2 Å². The molecule has 3 heterocycles. The fourth-order valence-electron chi connectivity index (χ4n) is 3.13. The number of hydrogen-bond donors (Lipinski definition) is 2. The molecule has 0 atom stereocenters. The van der Waals surface area contributed by atoms with Crippen molar-refractivity contribution in [2.75, 3.05) is 42.5 Å². The van der Waals surface area contributed by atoms with Crippen LogP contribution in [0.1, 0.15) is 26.5 Å². The number of rotatable bonds is 2. The summed E-state index contributed by atoms with van der Waals surface area (Å²) in [4.78, 5) is 29.1. The van der Waals surface area contributed by atoms with Crippen LogP contribution >= 0.6 is 0 Å². The van der Waals surface area contributed by atoms with E-state index in [0.29, 0.717) is 32.0 Å². The Labute approximate surface area is 164 Å². The van der Waals surface area contributed by atoms with Gasteiger partial charge in [0.2, 0.25) is 5.95 Å². The Morgan fingerprint density at radius 1 is 1.11 bits per heavy atom. The Morgan fingerprint density at radius 2 is 1.79 bits per heavy atom. The number of nitrogens with zero attached hydrogens (tertiary/aromatic N) is 5. The largest absolute Gasteiger partial charge is 0.444 e. The molecule has 2 aromatic rings. The van der Waals surface area contributed by atoms with Crippen molar-refractivity contribution in [2.45, 2.75) is 33.3 Å². The first kappa shape index (κ1) is 19.7. The van der Waals surface area contributed by atoms with Crippen molar-refractivity contribution < 1.29 is 9.53 Å². The zero-order chi connectivity index (χ0) is 20.5. The molecule has 0 unspecified atom stereocenters. The fraction of sp³-hybridized carbons (Fsp3) is 0.474. The maximum Gasteiger partial charge on any atom is 0.410 e. The van der Waals surface area contributed by atoms with Gasteiger partial charge in [-0.2, -0.15) is 4.98 Å². The van der Waals surface area contributed by atoms with Crippen molar-refractivity contribution >= 4 is 23.7 Å². The molecule has 0 radical (unpaired) electrons. The van der Waals surface area contributed by atoms with E-state index in [0.717, 1.165) is 22.6 Å². The van der Waals surface area contributed by atoms with Crippen molar-refractivity contribution in [1.82, 2.24) is 19.9 Å². The van der Waals surface area contributed by atoms with Crippen LogP contribution in [0.2, 0.25) is 0 Å². The lowest BCUT2D eigenvalue weighted by atomic mass is 10.1. The molecule has 150 valence electrons. The molecule has 3 rings (SSSR count). The number of hydrogen-bond acceptors (Lipinski definition) is 8. The van der Waals surface area contributed by atoms with E-state index < -0.39 is 5.60 Å². The minimum absolute atomic E-state index is 0.217. The van der Waals surface area contributed by atoms with Gasteiger partial charge in [0, 0.05) is 43.5 Å². The Kier molecular flexibility index (Phi) is 5.26. The topological polar surface area (TPSA) is 123 Å². The second-order valence-corrected chi connectivity index (χ2v) is 7.79. The smallest absolute Gasteiger partial charge is 0.410 e. The van der Waals surface area contributed by atoms with Gasteiger partial charge in [0.25, 0.3) is 0 Å². The standard InChI is InChI=1S/C19H27N7O2/c1-12-15(13-5-6-14(20)22-11-13)16(24-17(21)23-12)25-7-9-26(10-8-25)18(27)28-19(2,3)4/h5-6,11H,7-10H2,1-4H3,(H2,20,22)(H2,21,23,24). The van der Waals surface area contributed by atoms with Gasteiger partial charge in [-0.25, -0.2) is 14.8 Å². The van der Waals surface area contributed by atoms with Crippen molar-refractivity contribution in [3.8, 4) is 11.1 Å². The third-order valence-electron chi connectivity index (χ3n) is 4.39. The van der Waals surface area contributed by atoms with Crippen molar-refractivity contribution in [1.29, 1.82) is 0 Å². The lowest BCUT2D eigenvalue weighted by Crippen LogP contribution is -2.50. The summed E-state index contributed by atoms with van der Waals surface area (Å²) in [5.74, 6) is 1.40. The molecule has 0 spiro atoms. The third-order valence-corrected chi connectivity index (χ3v) is 4.39. The van der Waals surface area contributed by atoms with E-state index in [9.17, 15) is 4.79 Å². The van der Waals surface area contributed by atoms with Crippen LogP contribution in [0, 0.1) is 6.92 Å². The highest BCUT2D eigenvalue weighted by Crippen LogP contribution is 2.32. The quantitative estimate of drug-likeness (QED) is 0.805. The average Bonchev–Trinajstić information content (AvgIpc) is 2.61. The number of ether oxygens (including phenoxy) is 1. The molecule has 1 aliphatic rings. The third kappa shape index (κ3) is 4.41. The molecule has 9 heteroatoms. The molecule has 1 aliphatic heterocycles. The molecular weight excluding hydrogens is 358 g/mol. The van der Waals surface area contributed by atoms with Gasteiger partial charge >= 0.3 is 6.09 Å². The van der Waals surface area contributed by atoms with Gasteiger partial charge in [-0.1, -0.05) is 0 Å². The van der Waals surface area contributed by atoms with E-state index in [-0.39, 0.29) is 12.0 Å². The van der Waals surface area contributed by atoms with Gasteiger partial charge in [0.15, 0.2) is 0 Å². The number of aromatic nitrogens is 3. The second-order valence-electron chi connectivity index (χ2n) is 7.79. The first-order valence-corrected chi connectivity index (χ1v) is 9.23. The Balaban J connectivity index is 1.83. The minimum Gasteiger partial charge on any atom is -0.444 e. The number of carbonyl (C=O) groups is 1. The monoisotopic (exact) mass is 385 g/mol. The van der Waals surface area contributed by atoms with E-state index in [2.05, 4.69) is 19.9 Å². The molecule has 1 fully saturated rings. The molecule has 2 aromatic heterocycles. The molecule has 1 saturated heterocycles. The lowest BCUT2D eigenvalue weighted by molar-refractivity contribution is 0.0240. The van der Waals surface area contributed by atoms with Gasteiger partial charge in [0.05, 0.1) is 5.69 Å². The zero-order valence-electron chi connectivity index (χ0n) is 16.8.